The predicted molar refractivity (Wildman–Crippen MR) is 97.5 cm³/mol. The zero-order valence-corrected chi connectivity index (χ0v) is 16.2. The summed E-state index contributed by atoms with van der Waals surface area (Å²) in [6, 6.07) is 5.80. The lowest BCUT2D eigenvalue weighted by Gasteiger charge is -2.36. The summed E-state index contributed by atoms with van der Waals surface area (Å²) in [5.41, 5.74) is 2.77. The van der Waals surface area contributed by atoms with Crippen molar-refractivity contribution >= 4 is 15.7 Å². The van der Waals surface area contributed by atoms with E-state index in [1.807, 2.05) is 32.0 Å². The molecule has 3 atom stereocenters. The molecule has 1 heterocycles. The molecule has 0 N–H and O–H groups in total. The molecule has 1 saturated heterocycles. The van der Waals surface area contributed by atoms with Gasteiger partial charge in [0.1, 0.15) is 5.25 Å². The summed E-state index contributed by atoms with van der Waals surface area (Å²) in [7, 11) is -3.53. The molecular formula is C19H29NO3S. The van der Waals surface area contributed by atoms with Crippen LogP contribution in [-0.4, -0.2) is 37.6 Å². The monoisotopic (exact) mass is 351 g/mol. The van der Waals surface area contributed by atoms with E-state index < -0.39 is 15.1 Å². The predicted octanol–water partition coefficient (Wildman–Crippen LogP) is 3.11. The minimum Gasteiger partial charge on any atom is -0.341 e. The van der Waals surface area contributed by atoms with E-state index in [-0.39, 0.29) is 11.7 Å². The summed E-state index contributed by atoms with van der Waals surface area (Å²) < 4.78 is 25.5. The molecule has 0 aromatic heterocycles. The first-order valence-corrected chi connectivity index (χ1v) is 10.4. The van der Waals surface area contributed by atoms with E-state index in [1.165, 1.54) is 6.92 Å². The number of amides is 1. The van der Waals surface area contributed by atoms with Gasteiger partial charge in [-0.15, -0.1) is 0 Å². The molecule has 1 amide bonds. The molecule has 134 valence electrons. The number of aryl methyl sites for hydroxylation is 2. The van der Waals surface area contributed by atoms with Crippen LogP contribution in [0.2, 0.25) is 0 Å². The number of piperidine rings is 1. The number of hydrogen-bond acceptors (Lipinski definition) is 3. The zero-order chi connectivity index (χ0) is 18.1. The van der Waals surface area contributed by atoms with Crippen LogP contribution in [0.1, 0.15) is 43.9 Å². The molecule has 1 aliphatic rings. The molecule has 24 heavy (non-hydrogen) atoms. The van der Waals surface area contributed by atoms with E-state index in [0.29, 0.717) is 24.9 Å². The Kier molecular flexibility index (Phi) is 5.74. The molecule has 0 radical (unpaired) electrons. The first-order chi connectivity index (χ1) is 11.1. The zero-order valence-electron chi connectivity index (χ0n) is 15.4. The largest absolute Gasteiger partial charge is 0.341 e. The maximum absolute atomic E-state index is 12.8. The van der Waals surface area contributed by atoms with Crippen molar-refractivity contribution in [1.82, 2.24) is 4.90 Å². The third kappa shape index (κ3) is 4.38. The summed E-state index contributed by atoms with van der Waals surface area (Å²) in [4.78, 5) is 14.5. The van der Waals surface area contributed by atoms with Crippen LogP contribution in [0.15, 0.2) is 18.2 Å². The molecule has 0 bridgehead atoms. The average molecular weight is 352 g/mol. The maximum atomic E-state index is 12.8. The van der Waals surface area contributed by atoms with E-state index in [2.05, 4.69) is 13.8 Å². The van der Waals surface area contributed by atoms with Gasteiger partial charge < -0.3 is 4.90 Å². The van der Waals surface area contributed by atoms with Gasteiger partial charge in [0.25, 0.3) is 0 Å². The second kappa shape index (κ2) is 7.26. The fraction of sp³-hybridized carbons (Fsp3) is 0.632. The lowest BCUT2D eigenvalue weighted by atomic mass is 9.92. The Balaban J connectivity index is 2.16. The smallest absolute Gasteiger partial charge is 0.240 e. The summed E-state index contributed by atoms with van der Waals surface area (Å²) >= 11 is 0. The van der Waals surface area contributed by atoms with Crippen molar-refractivity contribution in [3.05, 3.63) is 34.9 Å². The molecule has 1 aromatic carbocycles. The average Bonchev–Trinajstić information content (AvgIpc) is 2.48. The number of likely N-dealkylation sites (tertiary alicyclic amines) is 1. The second-order valence-corrected chi connectivity index (χ2v) is 9.89. The Hall–Kier alpha value is -1.36. The Morgan fingerprint density at radius 1 is 1.21 bits per heavy atom. The fourth-order valence-corrected chi connectivity index (χ4v) is 5.00. The van der Waals surface area contributed by atoms with Gasteiger partial charge >= 0.3 is 0 Å². The van der Waals surface area contributed by atoms with Crippen molar-refractivity contribution in [2.24, 2.45) is 11.8 Å². The minimum atomic E-state index is -3.53. The minimum absolute atomic E-state index is 0.0770. The third-order valence-corrected chi connectivity index (χ3v) is 6.92. The molecule has 1 aliphatic heterocycles. The molecule has 2 rings (SSSR count). The number of rotatable bonds is 4. The van der Waals surface area contributed by atoms with Crippen LogP contribution < -0.4 is 0 Å². The summed E-state index contributed by atoms with van der Waals surface area (Å²) in [6.07, 6.45) is 1.09. The van der Waals surface area contributed by atoms with Crippen LogP contribution in [-0.2, 0) is 20.4 Å². The first kappa shape index (κ1) is 19.0. The Bertz CT molecular complexity index is 701. The van der Waals surface area contributed by atoms with Gasteiger partial charge in [0.05, 0.1) is 5.75 Å². The van der Waals surface area contributed by atoms with Crippen molar-refractivity contribution in [1.29, 1.82) is 0 Å². The molecule has 4 nitrogen and oxygen atoms in total. The third-order valence-electron chi connectivity index (χ3n) is 4.93. The number of sulfone groups is 1. The Morgan fingerprint density at radius 2 is 1.79 bits per heavy atom. The Labute approximate surface area is 146 Å². The van der Waals surface area contributed by atoms with E-state index in [9.17, 15) is 13.2 Å². The SMILES string of the molecule is Cc1ccc(C)c(CS(=O)(=O)[C@H](C)C(=O)N2C[C@@H](C)C[C@H](C)C2)c1. The van der Waals surface area contributed by atoms with E-state index in [4.69, 9.17) is 0 Å². The van der Waals surface area contributed by atoms with Gasteiger partial charge in [-0.3, -0.25) is 4.79 Å². The summed E-state index contributed by atoms with van der Waals surface area (Å²) in [5.74, 6) is 0.517. The normalized spacial score (nSPS) is 23.1. The van der Waals surface area contributed by atoms with Crippen LogP contribution in [0.3, 0.4) is 0 Å². The van der Waals surface area contributed by atoms with Crippen molar-refractivity contribution < 1.29 is 13.2 Å². The molecule has 1 aromatic rings. The molecule has 5 heteroatoms. The van der Waals surface area contributed by atoms with Crippen LogP contribution in [0.5, 0.6) is 0 Å². The van der Waals surface area contributed by atoms with Gasteiger partial charge in [-0.25, -0.2) is 8.42 Å². The van der Waals surface area contributed by atoms with Gasteiger partial charge in [0.2, 0.25) is 5.91 Å². The van der Waals surface area contributed by atoms with Crippen LogP contribution in [0.4, 0.5) is 0 Å². The number of hydrogen-bond donors (Lipinski definition) is 0. The molecule has 0 spiro atoms. The van der Waals surface area contributed by atoms with E-state index >= 15 is 0 Å². The molecule has 0 unspecified atom stereocenters. The van der Waals surface area contributed by atoms with E-state index in [1.54, 1.807) is 4.90 Å². The summed E-state index contributed by atoms with van der Waals surface area (Å²) in [6.45, 7) is 10.9. The van der Waals surface area contributed by atoms with Crippen molar-refractivity contribution in [2.45, 2.75) is 52.0 Å². The van der Waals surface area contributed by atoms with Gasteiger partial charge in [-0.05, 0) is 50.2 Å². The highest BCUT2D eigenvalue weighted by Crippen LogP contribution is 2.24. The fourth-order valence-electron chi connectivity index (χ4n) is 3.55. The lowest BCUT2D eigenvalue weighted by Crippen LogP contribution is -2.48. The first-order valence-electron chi connectivity index (χ1n) is 8.66. The maximum Gasteiger partial charge on any atom is 0.240 e. The highest BCUT2D eigenvalue weighted by molar-refractivity contribution is 7.92. The van der Waals surface area contributed by atoms with Crippen LogP contribution in [0, 0.1) is 25.7 Å². The second-order valence-electron chi connectivity index (χ2n) is 7.57. The van der Waals surface area contributed by atoms with E-state index in [0.717, 1.165) is 23.1 Å². The molecule has 0 aliphatic carbocycles. The van der Waals surface area contributed by atoms with Crippen molar-refractivity contribution in [2.75, 3.05) is 13.1 Å². The highest BCUT2D eigenvalue weighted by atomic mass is 32.2. The van der Waals surface area contributed by atoms with Gasteiger partial charge in [-0.1, -0.05) is 37.6 Å². The van der Waals surface area contributed by atoms with Crippen molar-refractivity contribution in [3.63, 3.8) is 0 Å². The summed E-state index contributed by atoms with van der Waals surface area (Å²) in [5, 5.41) is -0.991. The topological polar surface area (TPSA) is 54.5 Å². The van der Waals surface area contributed by atoms with Crippen molar-refractivity contribution in [3.8, 4) is 0 Å². The number of carbonyl (C=O) groups excluding carboxylic acids is 1. The van der Waals surface area contributed by atoms with Gasteiger partial charge in [0.15, 0.2) is 9.84 Å². The molecule has 0 saturated carbocycles. The molecular weight excluding hydrogens is 322 g/mol. The van der Waals surface area contributed by atoms with Gasteiger partial charge in [-0.2, -0.15) is 0 Å². The Morgan fingerprint density at radius 3 is 2.38 bits per heavy atom. The lowest BCUT2D eigenvalue weighted by molar-refractivity contribution is -0.133. The standard InChI is InChI=1S/C19H29NO3S/c1-13-6-7-16(4)18(9-13)12-24(22,23)17(5)19(21)20-10-14(2)8-15(3)11-20/h6-7,9,14-15,17H,8,10-12H2,1-5H3/t14-,15-,17+/m0/s1. The number of nitrogens with zero attached hydrogens (tertiary/aromatic N) is 1. The number of benzene rings is 1. The van der Waals surface area contributed by atoms with Crippen LogP contribution in [0.25, 0.3) is 0 Å². The quantitative estimate of drug-likeness (QED) is 0.837. The number of carbonyl (C=O) groups is 1. The van der Waals surface area contributed by atoms with Gasteiger partial charge in [0, 0.05) is 13.1 Å². The molecule has 1 fully saturated rings. The highest BCUT2D eigenvalue weighted by Gasteiger charge is 2.34. The van der Waals surface area contributed by atoms with Crippen LogP contribution >= 0.6 is 0 Å².